The molecule has 0 bridgehead atoms. The Labute approximate surface area is 170 Å². The van der Waals surface area contributed by atoms with Gasteiger partial charge in [-0.1, -0.05) is 11.8 Å². The smallest absolute Gasteiger partial charge is 0.241 e. The van der Waals surface area contributed by atoms with Crippen molar-refractivity contribution >= 4 is 28.4 Å². The zero-order valence-corrected chi connectivity index (χ0v) is 16.4. The summed E-state index contributed by atoms with van der Waals surface area (Å²) >= 11 is 1.13. The van der Waals surface area contributed by atoms with Crippen LogP contribution in [0.3, 0.4) is 0 Å². The van der Waals surface area contributed by atoms with Gasteiger partial charge in [0.1, 0.15) is 27.4 Å². The largest absolute Gasteiger partial charge is 0.384 e. The highest BCUT2D eigenvalue weighted by Gasteiger charge is 2.55. The lowest BCUT2D eigenvalue weighted by molar-refractivity contribution is -0.133. The van der Waals surface area contributed by atoms with Gasteiger partial charge in [0.25, 0.3) is 0 Å². The average molecular weight is 420 g/mol. The van der Waals surface area contributed by atoms with Crippen LogP contribution in [-0.4, -0.2) is 29.0 Å². The van der Waals surface area contributed by atoms with Crippen LogP contribution >= 0.6 is 11.8 Å². The van der Waals surface area contributed by atoms with Crippen LogP contribution in [0.4, 0.5) is 18.9 Å². The number of amides is 1. The van der Waals surface area contributed by atoms with E-state index in [1.807, 2.05) is 0 Å². The van der Waals surface area contributed by atoms with E-state index in [2.05, 4.69) is 10.4 Å². The number of carbonyl (C=O) groups is 1. The predicted molar refractivity (Wildman–Crippen MR) is 107 cm³/mol. The summed E-state index contributed by atoms with van der Waals surface area (Å²) in [7, 11) is 0. The maximum atomic E-state index is 14.5. The van der Waals surface area contributed by atoms with Gasteiger partial charge in [0, 0.05) is 36.2 Å². The minimum Gasteiger partial charge on any atom is -0.384 e. The van der Waals surface area contributed by atoms with Crippen molar-refractivity contribution in [2.75, 3.05) is 18.4 Å². The third-order valence-corrected chi connectivity index (χ3v) is 6.72. The van der Waals surface area contributed by atoms with Gasteiger partial charge in [0.2, 0.25) is 5.91 Å². The van der Waals surface area contributed by atoms with Gasteiger partial charge in [0.05, 0.1) is 0 Å². The molecule has 4 rings (SSSR count). The SMILES string of the molecule is CC(=O)N1N=C(c2cc(F)ccc2F)SC12c1cc(F)ccc1NCC2CCN. The van der Waals surface area contributed by atoms with Crippen LogP contribution < -0.4 is 11.1 Å². The van der Waals surface area contributed by atoms with Crippen LogP contribution in [0.2, 0.25) is 0 Å². The number of nitrogens with two attached hydrogens (primary N) is 1. The first-order chi connectivity index (χ1) is 13.9. The van der Waals surface area contributed by atoms with Gasteiger partial charge in [-0.15, -0.1) is 0 Å². The van der Waals surface area contributed by atoms with E-state index in [1.165, 1.54) is 24.1 Å². The highest BCUT2D eigenvalue weighted by Crippen LogP contribution is 2.56. The second kappa shape index (κ2) is 7.38. The Hall–Kier alpha value is -2.52. The Morgan fingerprint density at radius 3 is 2.72 bits per heavy atom. The van der Waals surface area contributed by atoms with Crippen LogP contribution in [0.1, 0.15) is 24.5 Å². The number of nitrogens with zero attached hydrogens (tertiary/aromatic N) is 2. The Morgan fingerprint density at radius 2 is 2.00 bits per heavy atom. The molecule has 2 aliphatic rings. The highest BCUT2D eigenvalue weighted by molar-refractivity contribution is 8.15. The number of hydrogen-bond acceptors (Lipinski definition) is 5. The van der Waals surface area contributed by atoms with Gasteiger partial charge in [-0.25, -0.2) is 18.2 Å². The molecule has 1 spiro atoms. The van der Waals surface area contributed by atoms with Crippen LogP contribution in [0.5, 0.6) is 0 Å². The fourth-order valence-electron chi connectivity index (χ4n) is 3.93. The Balaban J connectivity index is 1.91. The number of halogens is 3. The molecule has 2 aliphatic heterocycles. The summed E-state index contributed by atoms with van der Waals surface area (Å²) < 4.78 is 42.4. The Bertz CT molecular complexity index is 1020. The first kappa shape index (κ1) is 19.8. The maximum Gasteiger partial charge on any atom is 0.241 e. The number of anilines is 1. The topological polar surface area (TPSA) is 70.7 Å². The number of rotatable bonds is 3. The standard InChI is InChI=1S/C20H19F3N4OS/c1-11(28)27-20(29-19(26-27)15-8-13(21)2-4-17(15)23)12(6-7-24)10-25-18-5-3-14(22)9-16(18)20/h2-5,8-9,12,25H,6-7,10,24H2,1H3. The molecule has 2 atom stereocenters. The molecule has 5 nitrogen and oxygen atoms in total. The lowest BCUT2D eigenvalue weighted by atomic mass is 9.84. The summed E-state index contributed by atoms with van der Waals surface area (Å²) in [6.45, 7) is 2.16. The summed E-state index contributed by atoms with van der Waals surface area (Å²) in [4.78, 5) is 11.5. The highest BCUT2D eigenvalue weighted by atomic mass is 32.2. The summed E-state index contributed by atoms with van der Waals surface area (Å²) in [5, 5.41) is 9.04. The molecule has 0 fully saturated rings. The molecule has 0 aromatic heterocycles. The van der Waals surface area contributed by atoms with E-state index >= 15 is 0 Å². The minimum absolute atomic E-state index is 0.0406. The van der Waals surface area contributed by atoms with Gasteiger partial charge in [-0.05, 0) is 49.4 Å². The van der Waals surface area contributed by atoms with Gasteiger partial charge in [0.15, 0.2) is 0 Å². The molecule has 1 amide bonds. The first-order valence-electron chi connectivity index (χ1n) is 9.14. The van der Waals surface area contributed by atoms with Crippen LogP contribution in [-0.2, 0) is 9.67 Å². The van der Waals surface area contributed by atoms with Crippen LogP contribution in [0, 0.1) is 23.4 Å². The van der Waals surface area contributed by atoms with Gasteiger partial charge in [-0.2, -0.15) is 5.10 Å². The third-order valence-electron chi connectivity index (χ3n) is 5.19. The third kappa shape index (κ3) is 3.18. The summed E-state index contributed by atoms with van der Waals surface area (Å²) in [5.74, 6) is -2.35. The van der Waals surface area contributed by atoms with E-state index < -0.39 is 22.3 Å². The van der Waals surface area contributed by atoms with E-state index in [0.29, 0.717) is 30.8 Å². The Morgan fingerprint density at radius 1 is 1.28 bits per heavy atom. The molecule has 0 saturated carbocycles. The van der Waals surface area contributed by atoms with E-state index in [9.17, 15) is 18.0 Å². The molecule has 9 heteroatoms. The number of hydrogen-bond donors (Lipinski definition) is 2. The van der Waals surface area contributed by atoms with E-state index in [0.717, 1.165) is 30.0 Å². The number of fused-ring (bicyclic) bond motifs is 2. The monoisotopic (exact) mass is 420 g/mol. The molecule has 3 N–H and O–H groups in total. The molecule has 2 aromatic carbocycles. The number of hydrazone groups is 1. The van der Waals surface area contributed by atoms with Crippen molar-refractivity contribution in [1.29, 1.82) is 0 Å². The van der Waals surface area contributed by atoms with E-state index in [1.54, 1.807) is 6.07 Å². The van der Waals surface area contributed by atoms with Crippen LogP contribution in [0.25, 0.3) is 0 Å². The second-order valence-corrected chi connectivity index (χ2v) is 8.22. The predicted octanol–water partition coefficient (Wildman–Crippen LogP) is 3.60. The normalized spacial score (nSPS) is 23.0. The van der Waals surface area contributed by atoms with Gasteiger partial charge in [-0.3, -0.25) is 4.79 Å². The van der Waals surface area contributed by atoms with Crippen molar-refractivity contribution < 1.29 is 18.0 Å². The minimum atomic E-state index is -1.11. The summed E-state index contributed by atoms with van der Waals surface area (Å²) in [5.41, 5.74) is 6.96. The van der Waals surface area contributed by atoms with Gasteiger partial charge < -0.3 is 11.1 Å². The van der Waals surface area contributed by atoms with Gasteiger partial charge >= 0.3 is 0 Å². The molecule has 0 aliphatic carbocycles. The number of benzene rings is 2. The van der Waals surface area contributed by atoms with Crippen molar-refractivity contribution in [3.63, 3.8) is 0 Å². The molecule has 2 heterocycles. The number of thioether (sulfide) groups is 1. The molecular formula is C20H19F3N4OS. The summed E-state index contributed by atoms with van der Waals surface area (Å²) in [6.07, 6.45) is 0.522. The lowest BCUT2D eigenvalue weighted by Crippen LogP contribution is -2.51. The molecular weight excluding hydrogens is 401 g/mol. The molecule has 2 unspecified atom stereocenters. The zero-order chi connectivity index (χ0) is 20.8. The first-order valence-corrected chi connectivity index (χ1v) is 9.96. The summed E-state index contributed by atoms with van der Waals surface area (Å²) in [6, 6.07) is 7.37. The van der Waals surface area contributed by atoms with E-state index in [4.69, 9.17) is 5.73 Å². The number of carbonyl (C=O) groups excluding carboxylic acids is 1. The fourth-order valence-corrected chi connectivity index (χ4v) is 5.52. The van der Waals surface area contributed by atoms with E-state index in [-0.39, 0.29) is 22.4 Å². The molecule has 2 aromatic rings. The van der Waals surface area contributed by atoms with Crippen molar-refractivity contribution in [3.05, 3.63) is 65.0 Å². The molecule has 29 heavy (non-hydrogen) atoms. The Kier molecular flexibility index (Phi) is 5.04. The molecule has 0 radical (unpaired) electrons. The zero-order valence-electron chi connectivity index (χ0n) is 15.6. The molecule has 0 saturated heterocycles. The van der Waals surface area contributed by atoms with Crippen LogP contribution in [0.15, 0.2) is 41.5 Å². The second-order valence-electron chi connectivity index (χ2n) is 7.00. The molecule has 152 valence electrons. The average Bonchev–Trinajstić information content (AvgIpc) is 3.08. The van der Waals surface area contributed by atoms with Crippen molar-refractivity contribution in [1.82, 2.24) is 5.01 Å². The lowest BCUT2D eigenvalue weighted by Gasteiger charge is -2.46. The quantitative estimate of drug-likeness (QED) is 0.796. The van der Waals surface area contributed by atoms with Crippen molar-refractivity contribution in [3.8, 4) is 0 Å². The maximum absolute atomic E-state index is 14.5. The van der Waals surface area contributed by atoms with Crippen molar-refractivity contribution in [2.45, 2.75) is 18.2 Å². The van der Waals surface area contributed by atoms with Crippen molar-refractivity contribution in [2.24, 2.45) is 16.8 Å². The number of nitrogens with one attached hydrogen (secondary N) is 1. The fraction of sp³-hybridized carbons (Fsp3) is 0.300.